The van der Waals surface area contributed by atoms with Crippen molar-refractivity contribution in [2.24, 2.45) is 10.4 Å². The van der Waals surface area contributed by atoms with Crippen molar-refractivity contribution < 1.29 is 9.53 Å². The van der Waals surface area contributed by atoms with Crippen LogP contribution < -0.4 is 15.4 Å². The van der Waals surface area contributed by atoms with Gasteiger partial charge in [0, 0.05) is 32.2 Å². The summed E-state index contributed by atoms with van der Waals surface area (Å²) in [5, 5.41) is 6.27. The maximum Gasteiger partial charge on any atom is 0.224 e. The van der Waals surface area contributed by atoms with Crippen LogP contribution in [0.2, 0.25) is 0 Å². The Kier molecular flexibility index (Phi) is 7.14. The highest BCUT2D eigenvalue weighted by Crippen LogP contribution is 2.29. The fraction of sp³-hybridized carbons (Fsp3) is 0.579. The number of guanidine groups is 1. The minimum absolute atomic E-state index is 0. The van der Waals surface area contributed by atoms with E-state index in [0.29, 0.717) is 25.0 Å². The molecule has 0 radical (unpaired) electrons. The number of benzene rings is 1. The maximum atomic E-state index is 11.4. The number of carbonyl (C=O) groups is 1. The van der Waals surface area contributed by atoms with Crippen LogP contribution in [0.1, 0.15) is 32.3 Å². The van der Waals surface area contributed by atoms with Gasteiger partial charge in [-0.25, -0.2) is 0 Å². The third-order valence-electron chi connectivity index (χ3n) is 4.81. The average Bonchev–Trinajstić information content (AvgIpc) is 2.94. The van der Waals surface area contributed by atoms with Crippen LogP contribution in [0.3, 0.4) is 0 Å². The van der Waals surface area contributed by atoms with E-state index in [0.717, 1.165) is 42.5 Å². The van der Waals surface area contributed by atoms with E-state index in [4.69, 9.17) is 4.74 Å². The number of rotatable bonds is 4. The molecule has 0 saturated carbocycles. The molecule has 1 aromatic rings. The van der Waals surface area contributed by atoms with Gasteiger partial charge in [-0.05, 0) is 42.0 Å². The van der Waals surface area contributed by atoms with Crippen molar-refractivity contribution >= 4 is 41.5 Å². The van der Waals surface area contributed by atoms with E-state index in [1.54, 1.807) is 0 Å². The standard InChI is InChI=1S/C19H28N4O2.HI/c1-19(2)8-10-23(13-19)18(20-3)21-9-11-25-15-5-6-16-14(12-15)4-7-17(24)22-16;/h5-6,12H,4,7-11,13H2,1-3H3,(H,20,21)(H,22,24);1H. The first kappa shape index (κ1) is 20.8. The zero-order valence-electron chi connectivity index (χ0n) is 15.8. The molecule has 3 rings (SSSR count). The summed E-state index contributed by atoms with van der Waals surface area (Å²) in [7, 11) is 1.83. The number of hydrogen-bond acceptors (Lipinski definition) is 3. The Bertz CT molecular complexity index is 676. The lowest BCUT2D eigenvalue weighted by molar-refractivity contribution is -0.116. The first-order valence-electron chi connectivity index (χ1n) is 8.98. The second-order valence-corrected chi connectivity index (χ2v) is 7.53. The van der Waals surface area contributed by atoms with E-state index in [1.165, 1.54) is 6.42 Å². The van der Waals surface area contributed by atoms with Gasteiger partial charge in [0.25, 0.3) is 0 Å². The van der Waals surface area contributed by atoms with Gasteiger partial charge in [0.1, 0.15) is 12.4 Å². The lowest BCUT2D eigenvalue weighted by Crippen LogP contribution is -2.42. The number of likely N-dealkylation sites (tertiary alicyclic amines) is 1. The molecule has 1 fully saturated rings. The van der Waals surface area contributed by atoms with Crippen molar-refractivity contribution in [2.45, 2.75) is 33.1 Å². The molecule has 2 aliphatic rings. The minimum Gasteiger partial charge on any atom is -0.492 e. The van der Waals surface area contributed by atoms with Crippen LogP contribution in [0.5, 0.6) is 5.75 Å². The number of aryl methyl sites for hydroxylation is 1. The van der Waals surface area contributed by atoms with Gasteiger partial charge in [-0.1, -0.05) is 13.8 Å². The summed E-state index contributed by atoms with van der Waals surface area (Å²) in [5.74, 6) is 1.87. The molecule has 7 heteroatoms. The Morgan fingerprint density at radius 2 is 2.19 bits per heavy atom. The zero-order chi connectivity index (χ0) is 17.9. The highest BCUT2D eigenvalue weighted by atomic mass is 127. The third-order valence-corrected chi connectivity index (χ3v) is 4.81. The van der Waals surface area contributed by atoms with Gasteiger partial charge in [-0.3, -0.25) is 9.79 Å². The lowest BCUT2D eigenvalue weighted by atomic mass is 9.93. The van der Waals surface area contributed by atoms with Gasteiger partial charge in [0.05, 0.1) is 6.54 Å². The van der Waals surface area contributed by atoms with Gasteiger partial charge in [0.15, 0.2) is 5.96 Å². The molecule has 0 aromatic heterocycles. The van der Waals surface area contributed by atoms with E-state index < -0.39 is 0 Å². The van der Waals surface area contributed by atoms with Gasteiger partial charge in [0.2, 0.25) is 5.91 Å². The van der Waals surface area contributed by atoms with E-state index in [1.807, 2.05) is 25.2 Å². The Morgan fingerprint density at radius 3 is 2.88 bits per heavy atom. The monoisotopic (exact) mass is 472 g/mol. The van der Waals surface area contributed by atoms with E-state index >= 15 is 0 Å². The molecule has 2 N–H and O–H groups in total. The Hall–Kier alpha value is -1.51. The van der Waals surface area contributed by atoms with Gasteiger partial charge in [-0.2, -0.15) is 0 Å². The maximum absolute atomic E-state index is 11.4. The van der Waals surface area contributed by atoms with Crippen LogP contribution in [-0.2, 0) is 11.2 Å². The molecule has 0 aliphatic carbocycles. The molecule has 144 valence electrons. The summed E-state index contributed by atoms with van der Waals surface area (Å²) in [6, 6.07) is 5.84. The minimum atomic E-state index is 0. The normalized spacial score (nSPS) is 18.7. The van der Waals surface area contributed by atoms with Crippen molar-refractivity contribution in [1.82, 2.24) is 10.2 Å². The van der Waals surface area contributed by atoms with Gasteiger partial charge < -0.3 is 20.3 Å². The molecular weight excluding hydrogens is 443 g/mol. The van der Waals surface area contributed by atoms with Crippen molar-refractivity contribution in [3.8, 4) is 5.75 Å². The lowest BCUT2D eigenvalue weighted by Gasteiger charge is -2.23. The molecule has 26 heavy (non-hydrogen) atoms. The predicted octanol–water partition coefficient (Wildman–Crippen LogP) is 2.88. The predicted molar refractivity (Wildman–Crippen MR) is 116 cm³/mol. The fourth-order valence-corrected chi connectivity index (χ4v) is 3.41. The number of hydrogen-bond donors (Lipinski definition) is 2. The van der Waals surface area contributed by atoms with Crippen molar-refractivity contribution in [3.63, 3.8) is 0 Å². The number of fused-ring (bicyclic) bond motifs is 1. The van der Waals surface area contributed by atoms with Crippen LogP contribution >= 0.6 is 24.0 Å². The number of carbonyl (C=O) groups excluding carboxylic acids is 1. The van der Waals surface area contributed by atoms with Crippen LogP contribution in [0.25, 0.3) is 0 Å². The summed E-state index contributed by atoms with van der Waals surface area (Å²) in [6.07, 6.45) is 2.50. The zero-order valence-corrected chi connectivity index (χ0v) is 18.1. The summed E-state index contributed by atoms with van der Waals surface area (Å²) >= 11 is 0. The molecule has 1 saturated heterocycles. The summed E-state index contributed by atoms with van der Waals surface area (Å²) in [4.78, 5) is 18.1. The molecule has 6 nitrogen and oxygen atoms in total. The van der Waals surface area contributed by atoms with Gasteiger partial charge in [-0.15, -0.1) is 24.0 Å². The van der Waals surface area contributed by atoms with Gasteiger partial charge >= 0.3 is 0 Å². The summed E-state index contributed by atoms with van der Waals surface area (Å²) in [6.45, 7) is 7.94. The first-order chi connectivity index (χ1) is 12.0. The van der Waals surface area contributed by atoms with E-state index in [9.17, 15) is 4.79 Å². The highest BCUT2D eigenvalue weighted by Gasteiger charge is 2.30. The number of nitrogens with one attached hydrogen (secondary N) is 2. The molecular formula is C19H29IN4O2. The average molecular weight is 472 g/mol. The summed E-state index contributed by atoms with van der Waals surface area (Å²) in [5.41, 5.74) is 2.39. The van der Waals surface area contributed by atoms with Crippen LogP contribution in [0, 0.1) is 5.41 Å². The number of nitrogens with zero attached hydrogens (tertiary/aromatic N) is 2. The molecule has 0 unspecified atom stereocenters. The Balaban J connectivity index is 0.00000243. The summed E-state index contributed by atoms with van der Waals surface area (Å²) < 4.78 is 5.85. The third kappa shape index (κ3) is 5.25. The molecule has 2 heterocycles. The first-order valence-corrected chi connectivity index (χ1v) is 8.98. The second kappa shape index (κ2) is 8.92. The molecule has 1 amide bonds. The number of aliphatic imine (C=N–C) groups is 1. The SMILES string of the molecule is CN=C(NCCOc1ccc2c(c1)CCC(=O)N2)N1CCC(C)(C)C1.I. The molecule has 1 aromatic carbocycles. The van der Waals surface area contributed by atoms with E-state index in [-0.39, 0.29) is 29.9 Å². The molecule has 0 bridgehead atoms. The fourth-order valence-electron chi connectivity index (χ4n) is 3.41. The van der Waals surface area contributed by atoms with Crippen molar-refractivity contribution in [1.29, 1.82) is 0 Å². The van der Waals surface area contributed by atoms with Crippen LogP contribution in [0.15, 0.2) is 23.2 Å². The molecule has 0 atom stereocenters. The van der Waals surface area contributed by atoms with Crippen molar-refractivity contribution in [2.75, 3.05) is 38.6 Å². The molecule has 2 aliphatic heterocycles. The second-order valence-electron chi connectivity index (χ2n) is 7.53. The largest absolute Gasteiger partial charge is 0.492 e. The molecule has 0 spiro atoms. The number of amides is 1. The number of anilines is 1. The van der Waals surface area contributed by atoms with Crippen molar-refractivity contribution in [3.05, 3.63) is 23.8 Å². The Labute approximate surface area is 172 Å². The van der Waals surface area contributed by atoms with Crippen LogP contribution in [0.4, 0.5) is 5.69 Å². The number of ether oxygens (including phenoxy) is 1. The topological polar surface area (TPSA) is 66.0 Å². The Morgan fingerprint density at radius 1 is 1.38 bits per heavy atom. The number of halogens is 1. The highest BCUT2D eigenvalue weighted by molar-refractivity contribution is 14.0. The van der Waals surface area contributed by atoms with E-state index in [2.05, 4.69) is 34.4 Å². The quantitative estimate of drug-likeness (QED) is 0.306. The van der Waals surface area contributed by atoms with Crippen LogP contribution in [-0.4, -0.2) is 50.1 Å². The smallest absolute Gasteiger partial charge is 0.224 e.